The Labute approximate surface area is 164 Å². The molecule has 1 heterocycles. The van der Waals surface area contributed by atoms with Crippen LogP contribution in [0, 0.1) is 0 Å². The lowest BCUT2D eigenvalue weighted by atomic mass is 10.2. The molecular formula is C18H15BrN2O2S2. The van der Waals surface area contributed by atoms with Gasteiger partial charge in [-0.1, -0.05) is 52.0 Å². The topological polar surface area (TPSA) is 41.6 Å². The molecule has 1 fully saturated rings. The lowest BCUT2D eigenvalue weighted by Gasteiger charge is -2.16. The first-order valence-corrected chi connectivity index (χ1v) is 9.47. The van der Waals surface area contributed by atoms with Gasteiger partial charge in [0.05, 0.1) is 18.7 Å². The van der Waals surface area contributed by atoms with Crippen LogP contribution in [0.4, 0.5) is 5.69 Å². The Hall–Kier alpha value is -1.83. The predicted molar refractivity (Wildman–Crippen MR) is 111 cm³/mol. The second kappa shape index (κ2) is 8.03. The van der Waals surface area contributed by atoms with Crippen molar-refractivity contribution in [3.8, 4) is 5.75 Å². The molecule has 0 aliphatic carbocycles. The second-order valence-corrected chi connectivity index (χ2v) is 7.82. The molecule has 25 heavy (non-hydrogen) atoms. The Kier molecular flexibility index (Phi) is 5.78. The first kappa shape index (κ1) is 18.0. The fraction of sp³-hybridized carbons (Fsp3) is 0.111. The Balaban J connectivity index is 1.68. The maximum Gasteiger partial charge on any atom is 0.267 e. The third-order valence-corrected chi connectivity index (χ3v) is 5.48. The van der Waals surface area contributed by atoms with Crippen LogP contribution in [-0.2, 0) is 4.79 Å². The summed E-state index contributed by atoms with van der Waals surface area (Å²) in [6.45, 7) is 0.340. The van der Waals surface area contributed by atoms with E-state index < -0.39 is 0 Å². The molecule has 1 aliphatic rings. The van der Waals surface area contributed by atoms with Crippen molar-refractivity contribution in [1.82, 2.24) is 4.90 Å². The molecule has 0 spiro atoms. The molecule has 3 rings (SSSR count). The molecule has 0 unspecified atom stereocenters. The van der Waals surface area contributed by atoms with Crippen molar-refractivity contribution < 1.29 is 9.53 Å². The molecular weight excluding hydrogens is 420 g/mol. The van der Waals surface area contributed by atoms with Crippen LogP contribution in [0.5, 0.6) is 5.75 Å². The molecule has 128 valence electrons. The van der Waals surface area contributed by atoms with Crippen LogP contribution in [0.25, 0.3) is 6.08 Å². The van der Waals surface area contributed by atoms with Gasteiger partial charge in [-0.15, -0.1) is 0 Å². The van der Waals surface area contributed by atoms with Gasteiger partial charge in [-0.25, -0.2) is 0 Å². The van der Waals surface area contributed by atoms with Gasteiger partial charge >= 0.3 is 0 Å². The summed E-state index contributed by atoms with van der Waals surface area (Å²) < 4.78 is 6.70. The van der Waals surface area contributed by atoms with Crippen LogP contribution < -0.4 is 10.1 Å². The number of nitrogens with zero attached hydrogens (tertiary/aromatic N) is 1. The monoisotopic (exact) mass is 434 g/mol. The number of benzene rings is 2. The van der Waals surface area contributed by atoms with Crippen molar-refractivity contribution in [2.75, 3.05) is 19.1 Å². The quantitative estimate of drug-likeness (QED) is 0.544. The zero-order chi connectivity index (χ0) is 17.8. The SMILES string of the molecule is COc1ccc(C=C2SC(=S)N(CNc3ccc(Br)cc3)C2=O)cc1. The summed E-state index contributed by atoms with van der Waals surface area (Å²) in [6, 6.07) is 15.3. The highest BCUT2D eigenvalue weighted by molar-refractivity contribution is 9.10. The van der Waals surface area contributed by atoms with E-state index in [2.05, 4.69) is 21.2 Å². The minimum atomic E-state index is -0.0876. The molecule has 2 aromatic carbocycles. The van der Waals surface area contributed by atoms with Gasteiger partial charge < -0.3 is 10.1 Å². The summed E-state index contributed by atoms with van der Waals surface area (Å²) in [5.41, 5.74) is 1.86. The van der Waals surface area contributed by atoms with Gasteiger partial charge in [0.2, 0.25) is 0 Å². The van der Waals surface area contributed by atoms with Gasteiger partial charge in [-0.05, 0) is 48.0 Å². The van der Waals surface area contributed by atoms with E-state index >= 15 is 0 Å². The summed E-state index contributed by atoms with van der Waals surface area (Å²) in [4.78, 5) is 14.8. The number of thiocarbonyl (C=S) groups is 1. The Morgan fingerprint density at radius 1 is 1.20 bits per heavy atom. The molecule has 0 saturated carbocycles. The Morgan fingerprint density at radius 2 is 1.88 bits per heavy atom. The van der Waals surface area contributed by atoms with Gasteiger partial charge in [-0.3, -0.25) is 9.69 Å². The molecule has 1 amide bonds. The number of halogens is 1. The van der Waals surface area contributed by atoms with Gasteiger partial charge in [-0.2, -0.15) is 0 Å². The standard InChI is InChI=1S/C18H15BrN2O2S2/c1-23-15-8-2-12(3-9-15)10-16-17(22)21(18(24)25-16)11-20-14-6-4-13(19)5-7-14/h2-10,20H,11H2,1H3. The third-order valence-electron chi connectivity index (χ3n) is 3.57. The number of hydrogen-bond donors (Lipinski definition) is 1. The Bertz CT molecular complexity index is 820. The normalized spacial score (nSPS) is 15.8. The van der Waals surface area contributed by atoms with Gasteiger partial charge in [0.25, 0.3) is 5.91 Å². The smallest absolute Gasteiger partial charge is 0.267 e. The molecule has 1 N–H and O–H groups in total. The van der Waals surface area contributed by atoms with Crippen molar-refractivity contribution in [1.29, 1.82) is 0 Å². The maximum absolute atomic E-state index is 12.6. The van der Waals surface area contributed by atoms with E-state index in [9.17, 15) is 4.79 Å². The fourth-order valence-electron chi connectivity index (χ4n) is 2.23. The van der Waals surface area contributed by atoms with E-state index in [1.807, 2.05) is 54.6 Å². The van der Waals surface area contributed by atoms with Gasteiger partial charge in [0, 0.05) is 10.2 Å². The molecule has 1 aliphatic heterocycles. The largest absolute Gasteiger partial charge is 0.497 e. The number of amides is 1. The molecule has 4 nitrogen and oxygen atoms in total. The number of ether oxygens (including phenoxy) is 1. The number of carbonyl (C=O) groups excluding carboxylic acids is 1. The van der Waals surface area contributed by atoms with E-state index in [1.165, 1.54) is 11.8 Å². The van der Waals surface area contributed by atoms with Crippen molar-refractivity contribution in [3.05, 3.63) is 63.5 Å². The number of anilines is 1. The summed E-state index contributed by atoms with van der Waals surface area (Å²) in [7, 11) is 1.62. The fourth-order valence-corrected chi connectivity index (χ4v) is 3.75. The van der Waals surface area contributed by atoms with E-state index in [0.717, 1.165) is 21.5 Å². The van der Waals surface area contributed by atoms with E-state index in [1.54, 1.807) is 12.0 Å². The van der Waals surface area contributed by atoms with Crippen LogP contribution in [0.3, 0.4) is 0 Å². The van der Waals surface area contributed by atoms with Crippen molar-refractivity contribution >= 4 is 61.9 Å². The average Bonchev–Trinajstić information content (AvgIpc) is 2.89. The van der Waals surface area contributed by atoms with Crippen molar-refractivity contribution in [2.45, 2.75) is 0 Å². The Morgan fingerprint density at radius 3 is 2.52 bits per heavy atom. The van der Waals surface area contributed by atoms with Crippen LogP contribution in [0.15, 0.2) is 57.9 Å². The zero-order valence-corrected chi connectivity index (χ0v) is 16.6. The third kappa shape index (κ3) is 4.42. The van der Waals surface area contributed by atoms with Crippen molar-refractivity contribution in [3.63, 3.8) is 0 Å². The van der Waals surface area contributed by atoms with Gasteiger partial charge in [0.15, 0.2) is 0 Å². The van der Waals surface area contributed by atoms with Crippen LogP contribution in [-0.4, -0.2) is 28.9 Å². The number of hydrogen-bond acceptors (Lipinski definition) is 5. The van der Waals surface area contributed by atoms with Crippen LogP contribution >= 0.6 is 39.9 Å². The molecule has 0 atom stereocenters. The molecule has 0 aromatic heterocycles. The van der Waals surface area contributed by atoms with Crippen LogP contribution in [0.2, 0.25) is 0 Å². The minimum Gasteiger partial charge on any atom is -0.497 e. The van der Waals surface area contributed by atoms with E-state index in [0.29, 0.717) is 15.9 Å². The maximum atomic E-state index is 12.6. The predicted octanol–water partition coefficient (Wildman–Crippen LogP) is 4.73. The summed E-state index contributed by atoms with van der Waals surface area (Å²) in [5.74, 6) is 0.693. The lowest BCUT2D eigenvalue weighted by molar-refractivity contribution is -0.121. The number of methoxy groups -OCH3 is 1. The molecule has 0 radical (unpaired) electrons. The first-order valence-electron chi connectivity index (χ1n) is 7.45. The summed E-state index contributed by atoms with van der Waals surface area (Å²) >= 11 is 10.1. The van der Waals surface area contributed by atoms with Gasteiger partial charge in [0.1, 0.15) is 10.1 Å². The number of rotatable bonds is 5. The first-order chi connectivity index (χ1) is 12.1. The van der Waals surface area contributed by atoms with E-state index in [-0.39, 0.29) is 5.91 Å². The molecule has 0 bridgehead atoms. The number of nitrogens with one attached hydrogen (secondary N) is 1. The highest BCUT2D eigenvalue weighted by Gasteiger charge is 2.31. The number of thioether (sulfide) groups is 1. The van der Waals surface area contributed by atoms with Crippen LogP contribution in [0.1, 0.15) is 5.56 Å². The van der Waals surface area contributed by atoms with E-state index in [4.69, 9.17) is 17.0 Å². The summed E-state index contributed by atoms with van der Waals surface area (Å²) in [5, 5.41) is 3.21. The van der Waals surface area contributed by atoms with Crippen molar-refractivity contribution in [2.24, 2.45) is 0 Å². The molecule has 1 saturated heterocycles. The second-order valence-electron chi connectivity index (χ2n) is 5.22. The molecule has 2 aromatic rings. The minimum absolute atomic E-state index is 0.0876. The zero-order valence-electron chi connectivity index (χ0n) is 13.4. The highest BCUT2D eigenvalue weighted by atomic mass is 79.9. The average molecular weight is 435 g/mol. The lowest BCUT2D eigenvalue weighted by Crippen LogP contribution is -2.33. The highest BCUT2D eigenvalue weighted by Crippen LogP contribution is 2.32. The molecule has 7 heteroatoms. The number of carbonyl (C=O) groups is 1. The summed E-state index contributed by atoms with van der Waals surface area (Å²) in [6.07, 6.45) is 1.85.